The molecule has 1 fully saturated rings. The van der Waals surface area contributed by atoms with Gasteiger partial charge < -0.3 is 0 Å². The molecular formula is C5H9ClO3S. The Morgan fingerprint density at radius 3 is 1.90 bits per heavy atom. The fourth-order valence-electron chi connectivity index (χ4n) is 1.16. The molecule has 0 unspecified atom stereocenters. The second kappa shape index (κ2) is 2.36. The van der Waals surface area contributed by atoms with E-state index in [2.05, 4.69) is 0 Å². The highest BCUT2D eigenvalue weighted by atomic mass is 35.5. The van der Waals surface area contributed by atoms with E-state index < -0.39 is 14.3 Å². The van der Waals surface area contributed by atoms with Crippen LogP contribution in [0.15, 0.2) is 0 Å². The summed E-state index contributed by atoms with van der Waals surface area (Å²) in [6, 6.07) is 0. The maximum Gasteiger partial charge on any atom is 0.284 e. The van der Waals surface area contributed by atoms with E-state index in [1.165, 1.54) is 0 Å². The normalized spacial score (nSPS) is 25.0. The van der Waals surface area contributed by atoms with E-state index in [1.807, 2.05) is 0 Å². The monoisotopic (exact) mass is 184 g/mol. The van der Waals surface area contributed by atoms with Crippen LogP contribution in [0.4, 0.5) is 0 Å². The molecule has 3 nitrogen and oxygen atoms in total. The van der Waals surface area contributed by atoms with Crippen molar-refractivity contribution in [3.05, 3.63) is 0 Å². The Kier molecular flexibility index (Phi) is 1.96. The van der Waals surface area contributed by atoms with Crippen molar-refractivity contribution in [2.24, 2.45) is 0 Å². The quantitative estimate of drug-likeness (QED) is 0.495. The Bertz CT molecular complexity index is 215. The molecule has 60 valence electrons. The van der Waals surface area contributed by atoms with Crippen molar-refractivity contribution in [3.8, 4) is 0 Å². The van der Waals surface area contributed by atoms with Gasteiger partial charge in [-0.25, -0.2) is 0 Å². The van der Waals surface area contributed by atoms with Crippen molar-refractivity contribution in [3.63, 3.8) is 0 Å². The molecule has 0 amide bonds. The summed E-state index contributed by atoms with van der Waals surface area (Å²) in [4.78, 5) is 0. The molecule has 1 saturated carbocycles. The lowest BCUT2D eigenvalue weighted by molar-refractivity contribution is 0.458. The molecule has 0 aliphatic heterocycles. The second-order valence-electron chi connectivity index (χ2n) is 2.57. The van der Waals surface area contributed by atoms with Crippen LogP contribution < -0.4 is 0 Å². The zero-order valence-electron chi connectivity index (χ0n) is 5.38. The first-order valence-corrected chi connectivity index (χ1v) is 4.93. The van der Waals surface area contributed by atoms with E-state index >= 15 is 0 Å². The van der Waals surface area contributed by atoms with Crippen LogP contribution in [0.1, 0.15) is 25.7 Å². The first kappa shape index (κ1) is 8.30. The van der Waals surface area contributed by atoms with Gasteiger partial charge in [0.25, 0.3) is 10.1 Å². The molecule has 0 atom stereocenters. The van der Waals surface area contributed by atoms with E-state index in [4.69, 9.17) is 16.2 Å². The van der Waals surface area contributed by atoms with Gasteiger partial charge in [0.05, 0.1) is 0 Å². The summed E-state index contributed by atoms with van der Waals surface area (Å²) in [7, 11) is -4.04. The molecule has 1 N–H and O–H groups in total. The maximum atomic E-state index is 10.6. The zero-order valence-corrected chi connectivity index (χ0v) is 6.95. The highest BCUT2D eigenvalue weighted by Crippen LogP contribution is 2.39. The largest absolute Gasteiger partial charge is 0.284 e. The highest BCUT2D eigenvalue weighted by Gasteiger charge is 2.43. The van der Waals surface area contributed by atoms with E-state index in [1.54, 1.807) is 0 Å². The summed E-state index contributed by atoms with van der Waals surface area (Å²) >= 11 is 5.61. The van der Waals surface area contributed by atoms with Crippen molar-refractivity contribution in [2.45, 2.75) is 29.9 Å². The lowest BCUT2D eigenvalue weighted by Gasteiger charge is -2.15. The molecule has 1 aliphatic rings. The Hall–Kier alpha value is 0.200. The van der Waals surface area contributed by atoms with Crippen LogP contribution in [-0.4, -0.2) is 17.2 Å². The summed E-state index contributed by atoms with van der Waals surface area (Å²) in [6.45, 7) is 0. The standard InChI is InChI=1S/C5H9ClO3S/c6-5(10(7,8)9)3-1-2-4-5/h1-4H2,(H,7,8,9). The Labute approximate surface area is 65.1 Å². The fourth-order valence-corrected chi connectivity index (χ4v) is 2.23. The first-order valence-electron chi connectivity index (χ1n) is 3.12. The van der Waals surface area contributed by atoms with Crippen LogP contribution in [-0.2, 0) is 10.1 Å². The number of alkyl halides is 1. The molecule has 0 spiro atoms. The van der Waals surface area contributed by atoms with Crippen molar-refractivity contribution in [2.75, 3.05) is 0 Å². The van der Waals surface area contributed by atoms with Crippen molar-refractivity contribution in [1.29, 1.82) is 0 Å². The van der Waals surface area contributed by atoms with Gasteiger partial charge in [0.15, 0.2) is 4.21 Å². The molecule has 1 rings (SSSR count). The second-order valence-corrected chi connectivity index (χ2v) is 5.24. The van der Waals surface area contributed by atoms with Gasteiger partial charge in [-0.3, -0.25) is 4.55 Å². The fraction of sp³-hybridized carbons (Fsp3) is 1.00. The summed E-state index contributed by atoms with van der Waals surface area (Å²) in [5, 5.41) is 0. The minimum Gasteiger partial charge on any atom is -0.284 e. The molecular weight excluding hydrogens is 176 g/mol. The third kappa shape index (κ3) is 1.28. The number of hydrogen-bond donors (Lipinski definition) is 1. The van der Waals surface area contributed by atoms with Gasteiger partial charge in [-0.1, -0.05) is 24.4 Å². The zero-order chi connectivity index (χ0) is 7.83. The van der Waals surface area contributed by atoms with E-state index in [0.29, 0.717) is 12.8 Å². The van der Waals surface area contributed by atoms with Crippen molar-refractivity contribution < 1.29 is 13.0 Å². The molecule has 0 radical (unpaired) electrons. The van der Waals surface area contributed by atoms with Gasteiger partial charge >= 0.3 is 0 Å². The molecule has 0 aromatic heterocycles. The van der Waals surface area contributed by atoms with Crippen LogP contribution in [0.5, 0.6) is 0 Å². The minimum absolute atomic E-state index is 0.368. The van der Waals surface area contributed by atoms with Gasteiger partial charge in [-0.15, -0.1) is 0 Å². The van der Waals surface area contributed by atoms with E-state index in [-0.39, 0.29) is 0 Å². The van der Waals surface area contributed by atoms with Crippen LogP contribution in [0.2, 0.25) is 0 Å². The average Bonchev–Trinajstić information content (AvgIpc) is 2.13. The lowest BCUT2D eigenvalue weighted by atomic mass is 10.4. The smallest absolute Gasteiger partial charge is 0.284 e. The molecule has 1 aliphatic carbocycles. The Morgan fingerprint density at radius 2 is 1.70 bits per heavy atom. The van der Waals surface area contributed by atoms with Crippen molar-refractivity contribution in [1.82, 2.24) is 0 Å². The van der Waals surface area contributed by atoms with Gasteiger partial charge in [0.1, 0.15) is 0 Å². The van der Waals surface area contributed by atoms with Gasteiger partial charge in [-0.05, 0) is 12.8 Å². The van der Waals surface area contributed by atoms with E-state index in [9.17, 15) is 8.42 Å². The first-order chi connectivity index (χ1) is 4.46. The molecule has 0 aromatic rings. The summed E-state index contributed by atoms with van der Waals surface area (Å²) in [5.41, 5.74) is 0. The number of rotatable bonds is 1. The topological polar surface area (TPSA) is 54.4 Å². The molecule has 0 saturated heterocycles. The molecule has 0 heterocycles. The Morgan fingerprint density at radius 1 is 1.30 bits per heavy atom. The van der Waals surface area contributed by atoms with Gasteiger partial charge in [-0.2, -0.15) is 8.42 Å². The lowest BCUT2D eigenvalue weighted by Crippen LogP contribution is -2.28. The summed E-state index contributed by atoms with van der Waals surface area (Å²) in [6.07, 6.45) is 2.30. The molecule has 10 heavy (non-hydrogen) atoms. The predicted molar refractivity (Wildman–Crippen MR) is 38.6 cm³/mol. The Balaban J connectivity index is 2.88. The molecule has 0 aromatic carbocycles. The van der Waals surface area contributed by atoms with Crippen LogP contribution >= 0.6 is 11.6 Å². The van der Waals surface area contributed by atoms with Crippen LogP contribution in [0.25, 0.3) is 0 Å². The third-order valence-corrected chi connectivity index (χ3v) is 4.11. The van der Waals surface area contributed by atoms with Gasteiger partial charge in [0, 0.05) is 0 Å². The van der Waals surface area contributed by atoms with E-state index in [0.717, 1.165) is 12.8 Å². The highest BCUT2D eigenvalue weighted by molar-refractivity contribution is 7.88. The molecule has 0 bridgehead atoms. The predicted octanol–water partition coefficient (Wildman–Crippen LogP) is 1.38. The van der Waals surface area contributed by atoms with Crippen LogP contribution in [0, 0.1) is 0 Å². The maximum absolute atomic E-state index is 10.6. The molecule has 5 heteroatoms. The summed E-state index contributed by atoms with van der Waals surface area (Å²) < 4.78 is 28.4. The van der Waals surface area contributed by atoms with Crippen LogP contribution in [0.3, 0.4) is 0 Å². The summed E-state index contributed by atoms with van der Waals surface area (Å²) in [5.74, 6) is 0. The minimum atomic E-state index is -4.04. The average molecular weight is 185 g/mol. The number of hydrogen-bond acceptors (Lipinski definition) is 2. The number of halogens is 1. The SMILES string of the molecule is O=S(=O)(O)C1(Cl)CCCC1. The van der Waals surface area contributed by atoms with Gasteiger partial charge in [0.2, 0.25) is 0 Å². The van der Waals surface area contributed by atoms with Crippen molar-refractivity contribution >= 4 is 21.7 Å². The third-order valence-electron chi connectivity index (χ3n) is 1.81.